The van der Waals surface area contributed by atoms with Gasteiger partial charge >= 0.3 is 0 Å². The number of aryl methyl sites for hydroxylation is 1. The van der Waals surface area contributed by atoms with Gasteiger partial charge in [0.25, 0.3) is 0 Å². The molecule has 2 aromatic rings. The number of anilines is 4. The highest BCUT2D eigenvalue weighted by molar-refractivity contribution is 5.78. The lowest BCUT2D eigenvalue weighted by Gasteiger charge is -2.20. The number of nitrogens with one attached hydrogen (secondary N) is 3. The van der Waals surface area contributed by atoms with Gasteiger partial charge in [0, 0.05) is 69.1 Å². The highest BCUT2D eigenvalue weighted by atomic mass is 16.5. The minimum Gasteiger partial charge on any atom is -0.494 e. The summed E-state index contributed by atoms with van der Waals surface area (Å²) in [7, 11) is 5.17. The van der Waals surface area contributed by atoms with Crippen molar-refractivity contribution in [3.63, 3.8) is 0 Å². The molecule has 0 spiro atoms. The molecule has 1 aliphatic heterocycles. The van der Waals surface area contributed by atoms with Crippen molar-refractivity contribution < 1.29 is 14.3 Å². The quantitative estimate of drug-likeness (QED) is 0.469. The van der Waals surface area contributed by atoms with Crippen LogP contribution in [0.2, 0.25) is 0 Å². The average molecular weight is 497 g/mol. The molecule has 1 aromatic carbocycles. The summed E-state index contributed by atoms with van der Waals surface area (Å²) in [5, 5.41) is 8.93. The van der Waals surface area contributed by atoms with Crippen LogP contribution in [0.4, 0.5) is 23.1 Å². The van der Waals surface area contributed by atoms with E-state index in [0.29, 0.717) is 5.95 Å². The first-order chi connectivity index (χ1) is 17.3. The smallest absolute Gasteiger partial charge is 0.229 e. The van der Waals surface area contributed by atoms with Gasteiger partial charge in [0.2, 0.25) is 11.9 Å². The monoisotopic (exact) mass is 496 g/mol. The maximum atomic E-state index is 11.2. The van der Waals surface area contributed by atoms with Gasteiger partial charge in [0.1, 0.15) is 11.6 Å². The number of methoxy groups -OCH3 is 1. The van der Waals surface area contributed by atoms with Crippen molar-refractivity contribution in [3.05, 3.63) is 54.5 Å². The van der Waals surface area contributed by atoms with Crippen molar-refractivity contribution in [2.24, 2.45) is 5.92 Å². The van der Waals surface area contributed by atoms with Crippen LogP contribution in [0.25, 0.3) is 0 Å². The number of aromatic nitrogens is 2. The Morgan fingerprint density at radius 1 is 1.25 bits per heavy atom. The number of allylic oxidation sites excluding steroid dienone is 1. The normalized spacial score (nSPS) is 14.8. The number of hydrogen-bond donors (Lipinski definition) is 3. The van der Waals surface area contributed by atoms with E-state index < -0.39 is 0 Å². The first kappa shape index (κ1) is 28.6. The Bertz CT molecular complexity index is 1030. The van der Waals surface area contributed by atoms with Gasteiger partial charge in [-0.05, 0) is 52.2 Å². The van der Waals surface area contributed by atoms with Gasteiger partial charge in [0.15, 0.2) is 0 Å². The highest BCUT2D eigenvalue weighted by Crippen LogP contribution is 2.33. The third-order valence-electron chi connectivity index (χ3n) is 5.59. The molecule has 1 aromatic heterocycles. The summed E-state index contributed by atoms with van der Waals surface area (Å²) in [5.74, 6) is 2.39. The van der Waals surface area contributed by atoms with Gasteiger partial charge in [-0.3, -0.25) is 4.79 Å². The maximum absolute atomic E-state index is 11.2. The van der Waals surface area contributed by atoms with Crippen LogP contribution >= 0.6 is 0 Å². The molecule has 1 saturated heterocycles. The standard InChI is InChI=1S/C19H25N5O.C8H15NO2/c1-7-24(12-13(2)3)16-9-8-15(10-17(16)25-6)22-19-21-11-14(4)18(20-5)23-19;1-9-8(10)7-3-2-5-11-6-4-7/h7-12H,1H2,2-6H3,(H2,20,21,22,23);7H,2-6H2,1H3,(H,9,10). The van der Waals surface area contributed by atoms with E-state index in [1.54, 1.807) is 26.6 Å². The van der Waals surface area contributed by atoms with Gasteiger partial charge in [-0.25, -0.2) is 4.98 Å². The van der Waals surface area contributed by atoms with Crippen molar-refractivity contribution in [1.82, 2.24) is 15.3 Å². The van der Waals surface area contributed by atoms with E-state index in [-0.39, 0.29) is 11.8 Å². The molecule has 0 radical (unpaired) electrons. The van der Waals surface area contributed by atoms with Crippen LogP contribution in [0.15, 0.2) is 48.9 Å². The molecule has 1 amide bonds. The number of ether oxygens (including phenoxy) is 2. The van der Waals surface area contributed by atoms with Crippen molar-refractivity contribution in [3.8, 4) is 5.75 Å². The molecule has 36 heavy (non-hydrogen) atoms. The van der Waals surface area contributed by atoms with Gasteiger partial charge in [-0.2, -0.15) is 4.98 Å². The Balaban J connectivity index is 0.000000346. The zero-order valence-corrected chi connectivity index (χ0v) is 22.4. The van der Waals surface area contributed by atoms with Crippen LogP contribution in [0.5, 0.6) is 5.75 Å². The van der Waals surface area contributed by atoms with E-state index >= 15 is 0 Å². The molecule has 1 atom stereocenters. The van der Waals surface area contributed by atoms with Crippen LogP contribution < -0.4 is 25.6 Å². The summed E-state index contributed by atoms with van der Waals surface area (Å²) in [5.41, 5.74) is 3.90. The van der Waals surface area contributed by atoms with Crippen molar-refractivity contribution >= 4 is 29.0 Å². The topological polar surface area (TPSA) is 101 Å². The summed E-state index contributed by atoms with van der Waals surface area (Å²) < 4.78 is 10.8. The fourth-order valence-electron chi connectivity index (χ4n) is 3.72. The molecule has 0 bridgehead atoms. The molecule has 9 heteroatoms. The molecular formula is C27H40N6O3. The molecule has 196 valence electrons. The first-order valence-electron chi connectivity index (χ1n) is 12.1. The van der Waals surface area contributed by atoms with E-state index in [1.165, 1.54) is 0 Å². The summed E-state index contributed by atoms with van der Waals surface area (Å²) >= 11 is 0. The summed E-state index contributed by atoms with van der Waals surface area (Å²) in [4.78, 5) is 21.8. The molecule has 3 N–H and O–H groups in total. The van der Waals surface area contributed by atoms with Crippen LogP contribution in [-0.4, -0.2) is 50.3 Å². The molecule has 1 fully saturated rings. The number of carbonyl (C=O) groups excluding carboxylic acids is 1. The second kappa shape index (κ2) is 14.7. The Kier molecular flexibility index (Phi) is 11.7. The van der Waals surface area contributed by atoms with E-state index in [0.717, 1.165) is 66.6 Å². The predicted octanol–water partition coefficient (Wildman–Crippen LogP) is 5.00. The molecule has 1 aliphatic rings. The van der Waals surface area contributed by atoms with Gasteiger partial charge in [-0.1, -0.05) is 12.2 Å². The minimum atomic E-state index is 0.163. The minimum absolute atomic E-state index is 0.163. The second-order valence-corrected chi connectivity index (χ2v) is 8.64. The summed E-state index contributed by atoms with van der Waals surface area (Å²) in [6.07, 6.45) is 8.39. The average Bonchev–Trinajstić information content (AvgIpc) is 3.18. The molecular weight excluding hydrogens is 456 g/mol. The zero-order chi connectivity index (χ0) is 26.5. The summed E-state index contributed by atoms with van der Waals surface area (Å²) in [6.45, 7) is 11.4. The molecule has 0 aliphatic carbocycles. The van der Waals surface area contributed by atoms with Gasteiger partial charge < -0.3 is 30.3 Å². The van der Waals surface area contributed by atoms with Crippen LogP contribution in [0.3, 0.4) is 0 Å². The van der Waals surface area contributed by atoms with E-state index in [9.17, 15) is 4.79 Å². The summed E-state index contributed by atoms with van der Waals surface area (Å²) in [6, 6.07) is 5.83. The lowest BCUT2D eigenvalue weighted by atomic mass is 10.0. The Morgan fingerprint density at radius 2 is 2.03 bits per heavy atom. The lowest BCUT2D eigenvalue weighted by Crippen LogP contribution is -2.27. The van der Waals surface area contributed by atoms with Gasteiger partial charge in [-0.15, -0.1) is 0 Å². The number of nitrogens with zero attached hydrogens (tertiary/aromatic N) is 3. The molecule has 1 unspecified atom stereocenters. The van der Waals surface area contributed by atoms with Gasteiger partial charge in [0.05, 0.1) is 12.8 Å². The zero-order valence-electron chi connectivity index (χ0n) is 22.4. The van der Waals surface area contributed by atoms with Crippen molar-refractivity contribution in [2.75, 3.05) is 50.0 Å². The fourth-order valence-corrected chi connectivity index (χ4v) is 3.72. The molecule has 2 heterocycles. The van der Waals surface area contributed by atoms with Crippen LogP contribution in [0, 0.1) is 12.8 Å². The predicted molar refractivity (Wildman–Crippen MR) is 147 cm³/mol. The largest absolute Gasteiger partial charge is 0.494 e. The van der Waals surface area contributed by atoms with Crippen molar-refractivity contribution in [2.45, 2.75) is 40.0 Å². The van der Waals surface area contributed by atoms with E-state index in [4.69, 9.17) is 9.47 Å². The molecule has 0 saturated carbocycles. The number of benzene rings is 1. The number of rotatable bonds is 8. The second-order valence-electron chi connectivity index (χ2n) is 8.64. The van der Waals surface area contributed by atoms with Crippen molar-refractivity contribution in [1.29, 1.82) is 0 Å². The van der Waals surface area contributed by atoms with Crippen LogP contribution in [-0.2, 0) is 9.53 Å². The number of carbonyl (C=O) groups is 1. The Hall–Kier alpha value is -3.59. The third kappa shape index (κ3) is 8.57. The number of amides is 1. The third-order valence-corrected chi connectivity index (χ3v) is 5.59. The van der Waals surface area contributed by atoms with E-state index in [1.807, 2.05) is 57.1 Å². The van der Waals surface area contributed by atoms with Crippen LogP contribution in [0.1, 0.15) is 38.7 Å². The SMILES string of the molecule is C=CN(C=C(C)C)c1ccc(Nc2ncc(C)c(NC)n2)cc1OC.CNC(=O)C1CCCOCC1. The molecule has 3 rings (SSSR count). The Labute approximate surface area is 215 Å². The number of hydrogen-bond acceptors (Lipinski definition) is 8. The van der Waals surface area contributed by atoms with E-state index in [2.05, 4.69) is 32.5 Å². The Morgan fingerprint density at radius 3 is 2.67 bits per heavy atom. The molecule has 9 nitrogen and oxygen atoms in total. The maximum Gasteiger partial charge on any atom is 0.229 e. The lowest BCUT2D eigenvalue weighted by molar-refractivity contribution is -0.124. The fraction of sp³-hybridized carbons (Fsp3) is 0.444. The highest BCUT2D eigenvalue weighted by Gasteiger charge is 2.18. The first-order valence-corrected chi connectivity index (χ1v) is 12.1.